The number of likely N-dealkylation sites (N-methyl/N-ethyl adjacent to an activating group) is 1. The fourth-order valence-corrected chi connectivity index (χ4v) is 2.41. The normalized spacial score (nSPS) is 20.5. The third-order valence-corrected chi connectivity index (χ3v) is 3.32. The van der Waals surface area contributed by atoms with Crippen LogP contribution in [-0.4, -0.2) is 42.4 Å². The first-order chi connectivity index (χ1) is 8.18. The van der Waals surface area contributed by atoms with Crippen molar-refractivity contribution in [2.45, 2.75) is 25.4 Å². The minimum absolute atomic E-state index is 0.0743. The molecule has 1 fully saturated rings. The minimum Gasteiger partial charge on any atom is -0.347 e. The molecule has 1 heterocycles. The third-order valence-electron chi connectivity index (χ3n) is 3.32. The highest BCUT2D eigenvalue weighted by Gasteiger charge is 2.31. The maximum absolute atomic E-state index is 12.0. The fraction of sp³-hybridized carbons (Fsp3) is 0.500. The molecule has 2 rings (SSSR count). The second-order valence-electron chi connectivity index (χ2n) is 4.85. The highest BCUT2D eigenvalue weighted by atomic mass is 16.2. The third kappa shape index (κ3) is 2.86. The average molecular weight is 232 g/mol. The van der Waals surface area contributed by atoms with E-state index < -0.39 is 0 Å². The second kappa shape index (κ2) is 5.32. The summed E-state index contributed by atoms with van der Waals surface area (Å²) in [6.45, 7) is 1.91. The van der Waals surface area contributed by atoms with Gasteiger partial charge < -0.3 is 4.90 Å². The first kappa shape index (κ1) is 12.1. The lowest BCUT2D eigenvalue weighted by atomic mass is 10.1. The monoisotopic (exact) mass is 232 g/mol. The van der Waals surface area contributed by atoms with Gasteiger partial charge in [-0.3, -0.25) is 9.69 Å². The van der Waals surface area contributed by atoms with Crippen molar-refractivity contribution >= 4 is 5.91 Å². The molecule has 3 nitrogen and oxygen atoms in total. The van der Waals surface area contributed by atoms with Crippen molar-refractivity contribution in [1.29, 1.82) is 0 Å². The molecule has 1 aliphatic heterocycles. The predicted octanol–water partition coefficient (Wildman–Crippen LogP) is 1.74. The van der Waals surface area contributed by atoms with Gasteiger partial charge in [-0.25, -0.2) is 0 Å². The molecule has 0 spiro atoms. The highest BCUT2D eigenvalue weighted by Crippen LogP contribution is 2.21. The molecule has 1 unspecified atom stereocenters. The Kier molecular flexibility index (Phi) is 3.79. The molecule has 1 aromatic rings. The van der Waals surface area contributed by atoms with Gasteiger partial charge in [0.05, 0.1) is 6.04 Å². The van der Waals surface area contributed by atoms with Gasteiger partial charge in [0.1, 0.15) is 0 Å². The molecule has 0 bridgehead atoms. The maximum atomic E-state index is 12.0. The van der Waals surface area contributed by atoms with Crippen molar-refractivity contribution in [2.75, 3.05) is 20.6 Å². The first-order valence-corrected chi connectivity index (χ1v) is 6.17. The summed E-state index contributed by atoms with van der Waals surface area (Å²) >= 11 is 0. The van der Waals surface area contributed by atoms with Crippen LogP contribution in [0.2, 0.25) is 0 Å². The molecule has 17 heavy (non-hydrogen) atoms. The van der Waals surface area contributed by atoms with Crippen molar-refractivity contribution in [1.82, 2.24) is 9.80 Å². The molecule has 0 aliphatic carbocycles. The standard InChI is InChI=1S/C14H20N2O/c1-15(2)14(17)13-9-6-10-16(13)11-12-7-4-3-5-8-12/h3-5,7-8,13H,6,9-11H2,1-2H3. The molecule has 0 saturated carbocycles. The summed E-state index contributed by atoms with van der Waals surface area (Å²) in [5, 5.41) is 0. The van der Waals surface area contributed by atoms with Crippen molar-refractivity contribution in [3.05, 3.63) is 35.9 Å². The predicted molar refractivity (Wildman–Crippen MR) is 68.6 cm³/mol. The molecule has 3 heteroatoms. The Balaban J connectivity index is 2.03. The zero-order chi connectivity index (χ0) is 12.3. The van der Waals surface area contributed by atoms with Crippen LogP contribution in [0.3, 0.4) is 0 Å². The summed E-state index contributed by atoms with van der Waals surface area (Å²) in [5.41, 5.74) is 1.28. The summed E-state index contributed by atoms with van der Waals surface area (Å²) in [6.07, 6.45) is 2.11. The molecular formula is C14H20N2O. The van der Waals surface area contributed by atoms with Crippen LogP contribution in [0, 0.1) is 0 Å². The summed E-state index contributed by atoms with van der Waals surface area (Å²) in [4.78, 5) is 16.0. The molecule has 1 aromatic carbocycles. The van der Waals surface area contributed by atoms with E-state index >= 15 is 0 Å². The van der Waals surface area contributed by atoms with E-state index in [1.807, 2.05) is 32.3 Å². The van der Waals surface area contributed by atoms with E-state index in [0.717, 1.165) is 25.9 Å². The Labute approximate surface area is 103 Å². The van der Waals surface area contributed by atoms with E-state index in [9.17, 15) is 4.79 Å². The van der Waals surface area contributed by atoms with Gasteiger partial charge in [-0.05, 0) is 24.9 Å². The van der Waals surface area contributed by atoms with Gasteiger partial charge in [-0.2, -0.15) is 0 Å². The number of likely N-dealkylation sites (tertiary alicyclic amines) is 1. The topological polar surface area (TPSA) is 23.6 Å². The summed E-state index contributed by atoms with van der Waals surface area (Å²) in [6, 6.07) is 10.4. The minimum atomic E-state index is 0.0743. The molecule has 1 amide bonds. The lowest BCUT2D eigenvalue weighted by Gasteiger charge is -2.26. The number of amides is 1. The number of hydrogen-bond donors (Lipinski definition) is 0. The molecule has 0 N–H and O–H groups in total. The molecule has 0 radical (unpaired) electrons. The zero-order valence-electron chi connectivity index (χ0n) is 10.6. The van der Waals surface area contributed by atoms with Gasteiger partial charge in [0.15, 0.2) is 0 Å². The van der Waals surface area contributed by atoms with Crippen molar-refractivity contribution in [3.63, 3.8) is 0 Å². The van der Waals surface area contributed by atoms with Crippen LogP contribution in [0.1, 0.15) is 18.4 Å². The second-order valence-corrected chi connectivity index (χ2v) is 4.85. The van der Waals surface area contributed by atoms with E-state index in [2.05, 4.69) is 17.0 Å². The number of benzene rings is 1. The van der Waals surface area contributed by atoms with Crippen LogP contribution in [-0.2, 0) is 11.3 Å². The zero-order valence-corrected chi connectivity index (χ0v) is 10.6. The quantitative estimate of drug-likeness (QED) is 0.792. The van der Waals surface area contributed by atoms with E-state index in [1.165, 1.54) is 5.56 Å². The lowest BCUT2D eigenvalue weighted by Crippen LogP contribution is -2.42. The Morgan fingerprint density at radius 2 is 2.06 bits per heavy atom. The Morgan fingerprint density at radius 3 is 2.71 bits per heavy atom. The van der Waals surface area contributed by atoms with Crippen LogP contribution < -0.4 is 0 Å². The van der Waals surface area contributed by atoms with E-state index in [1.54, 1.807) is 4.90 Å². The van der Waals surface area contributed by atoms with E-state index in [0.29, 0.717) is 0 Å². The van der Waals surface area contributed by atoms with Crippen LogP contribution >= 0.6 is 0 Å². The number of hydrogen-bond acceptors (Lipinski definition) is 2. The number of rotatable bonds is 3. The van der Waals surface area contributed by atoms with Crippen LogP contribution in [0.4, 0.5) is 0 Å². The van der Waals surface area contributed by atoms with Gasteiger partial charge in [0, 0.05) is 20.6 Å². The SMILES string of the molecule is CN(C)C(=O)C1CCCN1Cc1ccccc1. The van der Waals surface area contributed by atoms with Gasteiger partial charge in [-0.15, -0.1) is 0 Å². The van der Waals surface area contributed by atoms with Gasteiger partial charge in [-0.1, -0.05) is 30.3 Å². The fourth-order valence-electron chi connectivity index (χ4n) is 2.41. The Bertz CT molecular complexity index is 375. The Morgan fingerprint density at radius 1 is 1.35 bits per heavy atom. The van der Waals surface area contributed by atoms with Crippen LogP contribution in [0.15, 0.2) is 30.3 Å². The van der Waals surface area contributed by atoms with Gasteiger partial charge in [0.25, 0.3) is 0 Å². The molecule has 1 aliphatic rings. The molecule has 92 valence electrons. The number of carbonyl (C=O) groups is 1. The molecular weight excluding hydrogens is 212 g/mol. The maximum Gasteiger partial charge on any atom is 0.239 e. The first-order valence-electron chi connectivity index (χ1n) is 6.17. The smallest absolute Gasteiger partial charge is 0.239 e. The largest absolute Gasteiger partial charge is 0.347 e. The summed E-state index contributed by atoms with van der Waals surface area (Å²) in [7, 11) is 3.67. The summed E-state index contributed by atoms with van der Waals surface area (Å²) in [5.74, 6) is 0.235. The molecule has 0 aromatic heterocycles. The van der Waals surface area contributed by atoms with E-state index in [-0.39, 0.29) is 11.9 Å². The van der Waals surface area contributed by atoms with Crippen molar-refractivity contribution in [3.8, 4) is 0 Å². The van der Waals surface area contributed by atoms with Crippen LogP contribution in [0.25, 0.3) is 0 Å². The van der Waals surface area contributed by atoms with Gasteiger partial charge >= 0.3 is 0 Å². The average Bonchev–Trinajstić information content (AvgIpc) is 2.77. The van der Waals surface area contributed by atoms with Crippen molar-refractivity contribution in [2.24, 2.45) is 0 Å². The Hall–Kier alpha value is -1.35. The number of nitrogens with zero attached hydrogens (tertiary/aromatic N) is 2. The highest BCUT2D eigenvalue weighted by molar-refractivity contribution is 5.81. The number of carbonyl (C=O) groups excluding carboxylic acids is 1. The van der Waals surface area contributed by atoms with Crippen LogP contribution in [0.5, 0.6) is 0 Å². The molecule has 1 saturated heterocycles. The van der Waals surface area contributed by atoms with Gasteiger partial charge in [0.2, 0.25) is 5.91 Å². The van der Waals surface area contributed by atoms with E-state index in [4.69, 9.17) is 0 Å². The van der Waals surface area contributed by atoms with Crippen molar-refractivity contribution < 1.29 is 4.79 Å². The molecule has 1 atom stereocenters. The lowest BCUT2D eigenvalue weighted by molar-refractivity contribution is -0.133. The summed E-state index contributed by atoms with van der Waals surface area (Å²) < 4.78 is 0.